The van der Waals surface area contributed by atoms with E-state index < -0.39 is 23.4 Å². The van der Waals surface area contributed by atoms with Crippen LogP contribution in [0.1, 0.15) is 6.42 Å². The van der Waals surface area contributed by atoms with Crippen LogP contribution in [0, 0.1) is 16.5 Å². The van der Waals surface area contributed by atoms with Crippen molar-refractivity contribution in [3.8, 4) is 0 Å². The molecule has 0 unspecified atom stereocenters. The molecule has 0 spiro atoms. The fourth-order valence-electron chi connectivity index (χ4n) is 0.987. The molecule has 0 fully saturated rings. The molecule has 4 nitrogen and oxygen atoms in total. The molecule has 0 heterocycles. The third-order valence-corrected chi connectivity index (χ3v) is 1.56. The van der Waals surface area contributed by atoms with Crippen molar-refractivity contribution < 1.29 is 22.8 Å². The predicted octanol–water partition coefficient (Wildman–Crippen LogP) is 2.22. The first-order valence-corrected chi connectivity index (χ1v) is 3.98. The maximum atomic E-state index is 11.8. The maximum absolute atomic E-state index is 11.8. The van der Waals surface area contributed by atoms with Crippen LogP contribution in [0.25, 0.3) is 0 Å². The summed E-state index contributed by atoms with van der Waals surface area (Å²) in [7, 11) is 0. The van der Waals surface area contributed by atoms with Crippen LogP contribution in [0.5, 0.6) is 0 Å². The van der Waals surface area contributed by atoms with E-state index in [-0.39, 0.29) is 5.76 Å². The molecule has 0 aromatic carbocycles. The lowest BCUT2D eigenvalue weighted by Gasteiger charge is -2.12. The number of alkyl halides is 3. The zero-order valence-corrected chi connectivity index (χ0v) is 7.45. The molecule has 83 valence electrons. The highest BCUT2D eigenvalue weighted by atomic mass is 19.4. The van der Waals surface area contributed by atoms with Gasteiger partial charge in [-0.05, 0) is 25.0 Å². The van der Waals surface area contributed by atoms with Crippen molar-refractivity contribution >= 4 is 0 Å². The molecule has 0 amide bonds. The molecule has 1 radical (unpaired) electrons. The molecule has 0 atom stereocenters. The van der Waals surface area contributed by atoms with Gasteiger partial charge in [-0.2, -0.15) is 13.2 Å². The number of ether oxygens (including phenoxy) is 1. The van der Waals surface area contributed by atoms with E-state index >= 15 is 0 Å². The van der Waals surface area contributed by atoms with Crippen molar-refractivity contribution in [1.82, 2.24) is 0 Å². The van der Waals surface area contributed by atoms with Gasteiger partial charge in [-0.3, -0.25) is 10.1 Å². The van der Waals surface area contributed by atoms with Crippen LogP contribution in [-0.2, 0) is 4.74 Å². The first-order chi connectivity index (χ1) is 6.90. The summed E-state index contributed by atoms with van der Waals surface area (Å²) in [4.78, 5) is 9.64. The zero-order valence-electron chi connectivity index (χ0n) is 7.45. The fourth-order valence-corrected chi connectivity index (χ4v) is 0.987. The van der Waals surface area contributed by atoms with Gasteiger partial charge in [0.05, 0.1) is 4.92 Å². The quantitative estimate of drug-likeness (QED) is 0.543. The Morgan fingerprint density at radius 1 is 1.53 bits per heavy atom. The summed E-state index contributed by atoms with van der Waals surface area (Å²) in [5, 5.41) is 10.4. The Labute approximate surface area is 83.2 Å². The standard InChI is InChI=1S/C8H7F3NO3/c9-8(10,11)5-15-7-4-2-1-3-6(7)12(13)14/h2-4H,1,5H2. The molecule has 15 heavy (non-hydrogen) atoms. The van der Waals surface area contributed by atoms with Crippen LogP contribution in [0.4, 0.5) is 13.2 Å². The van der Waals surface area contributed by atoms with E-state index in [4.69, 9.17) is 0 Å². The Morgan fingerprint density at radius 2 is 2.20 bits per heavy atom. The minimum absolute atomic E-state index is 0.315. The summed E-state index contributed by atoms with van der Waals surface area (Å²) in [6.45, 7) is -1.53. The molecule has 0 aliphatic heterocycles. The number of hydrogen-bond acceptors (Lipinski definition) is 3. The molecule has 0 N–H and O–H groups in total. The lowest BCUT2D eigenvalue weighted by molar-refractivity contribution is -0.425. The topological polar surface area (TPSA) is 52.4 Å². The van der Waals surface area contributed by atoms with Gasteiger partial charge in [0, 0.05) is 0 Å². The van der Waals surface area contributed by atoms with Gasteiger partial charge in [0.1, 0.15) is 0 Å². The summed E-state index contributed by atoms with van der Waals surface area (Å²) in [6, 6.07) is 0. The number of allylic oxidation sites excluding steroid dienone is 2. The Bertz CT molecular complexity index is 320. The normalized spacial score (nSPS) is 16.7. The van der Waals surface area contributed by atoms with Gasteiger partial charge in [-0.1, -0.05) is 0 Å². The highest BCUT2D eigenvalue weighted by Crippen LogP contribution is 2.23. The molecule has 1 rings (SSSR count). The molecule has 1 aliphatic carbocycles. The monoisotopic (exact) mass is 222 g/mol. The fraction of sp³-hybridized carbons (Fsp3) is 0.375. The summed E-state index contributed by atoms with van der Waals surface area (Å²) in [6.07, 6.45) is -0.330. The van der Waals surface area contributed by atoms with E-state index in [0.29, 0.717) is 6.42 Å². The molecular formula is C8H7F3NO3. The third kappa shape index (κ3) is 3.61. The largest absolute Gasteiger partial charge is 0.477 e. The van der Waals surface area contributed by atoms with E-state index in [9.17, 15) is 23.3 Å². The van der Waals surface area contributed by atoms with Crippen LogP contribution in [0.15, 0.2) is 23.6 Å². The minimum Gasteiger partial charge on any atom is -0.477 e. The van der Waals surface area contributed by atoms with Gasteiger partial charge in [0.25, 0.3) is 0 Å². The highest BCUT2D eigenvalue weighted by molar-refractivity contribution is 5.27. The van der Waals surface area contributed by atoms with Crippen LogP contribution in [-0.4, -0.2) is 17.7 Å². The van der Waals surface area contributed by atoms with Crippen molar-refractivity contribution in [3.63, 3.8) is 0 Å². The summed E-state index contributed by atoms with van der Waals surface area (Å²) < 4.78 is 39.7. The third-order valence-electron chi connectivity index (χ3n) is 1.56. The first-order valence-electron chi connectivity index (χ1n) is 3.98. The Kier molecular flexibility index (Phi) is 3.33. The first kappa shape index (κ1) is 11.5. The van der Waals surface area contributed by atoms with Crippen molar-refractivity contribution in [2.45, 2.75) is 12.6 Å². The Morgan fingerprint density at radius 3 is 2.73 bits per heavy atom. The lowest BCUT2D eigenvalue weighted by atomic mass is 10.1. The maximum Gasteiger partial charge on any atom is 0.422 e. The second kappa shape index (κ2) is 4.33. The van der Waals surface area contributed by atoms with Crippen LogP contribution < -0.4 is 0 Å². The van der Waals surface area contributed by atoms with Crippen molar-refractivity contribution in [1.29, 1.82) is 0 Å². The molecule has 1 aliphatic rings. The molecule has 0 aromatic heterocycles. The summed E-state index contributed by atoms with van der Waals surface area (Å²) in [5.74, 6) is -0.358. The Hall–Kier alpha value is -1.53. The molecule has 0 aromatic rings. The van der Waals surface area contributed by atoms with Gasteiger partial charge in [0.15, 0.2) is 12.4 Å². The van der Waals surface area contributed by atoms with Crippen molar-refractivity contribution in [3.05, 3.63) is 40.1 Å². The molecule has 7 heteroatoms. The number of rotatable bonds is 3. The SMILES string of the molecule is O=[N+]([O-])C1=CC[CH]C=C1OCC(F)(F)F. The smallest absolute Gasteiger partial charge is 0.422 e. The van der Waals surface area contributed by atoms with Gasteiger partial charge in [-0.15, -0.1) is 0 Å². The van der Waals surface area contributed by atoms with Crippen LogP contribution in [0.3, 0.4) is 0 Å². The average Bonchev–Trinajstić information content (AvgIpc) is 2.14. The predicted molar refractivity (Wildman–Crippen MR) is 44.1 cm³/mol. The molecule has 0 bridgehead atoms. The van der Waals surface area contributed by atoms with E-state index in [1.165, 1.54) is 18.6 Å². The van der Waals surface area contributed by atoms with Crippen LogP contribution in [0.2, 0.25) is 0 Å². The van der Waals surface area contributed by atoms with Gasteiger partial charge in [-0.25, -0.2) is 0 Å². The van der Waals surface area contributed by atoms with E-state index in [1.54, 1.807) is 0 Å². The van der Waals surface area contributed by atoms with Crippen molar-refractivity contribution in [2.24, 2.45) is 0 Å². The van der Waals surface area contributed by atoms with E-state index in [0.717, 1.165) is 0 Å². The lowest BCUT2D eigenvalue weighted by Crippen LogP contribution is -2.19. The second-order valence-electron chi connectivity index (χ2n) is 2.75. The second-order valence-corrected chi connectivity index (χ2v) is 2.75. The molecule has 0 saturated heterocycles. The summed E-state index contributed by atoms with van der Waals surface area (Å²) >= 11 is 0. The number of nitro groups is 1. The van der Waals surface area contributed by atoms with Gasteiger partial charge in [0.2, 0.25) is 0 Å². The van der Waals surface area contributed by atoms with Crippen molar-refractivity contribution in [2.75, 3.05) is 6.61 Å². The average molecular weight is 222 g/mol. The number of nitrogens with zero attached hydrogens (tertiary/aromatic N) is 1. The molecule has 0 saturated carbocycles. The molecular weight excluding hydrogens is 215 g/mol. The van der Waals surface area contributed by atoms with Gasteiger partial charge < -0.3 is 4.74 Å². The minimum atomic E-state index is -4.50. The van der Waals surface area contributed by atoms with E-state index in [1.807, 2.05) is 0 Å². The zero-order chi connectivity index (χ0) is 11.5. The highest BCUT2D eigenvalue weighted by Gasteiger charge is 2.31. The number of hydrogen-bond donors (Lipinski definition) is 0. The van der Waals surface area contributed by atoms with E-state index in [2.05, 4.69) is 4.74 Å². The van der Waals surface area contributed by atoms with Gasteiger partial charge >= 0.3 is 11.9 Å². The van der Waals surface area contributed by atoms with Crippen LogP contribution >= 0.6 is 0 Å². The Balaban J connectivity index is 2.64. The number of halogens is 3. The summed E-state index contributed by atoms with van der Waals surface area (Å²) in [5.41, 5.74) is -0.429.